The smallest absolute Gasteiger partial charge is 0.323 e. The molecular formula is C15H20N2O3. The van der Waals surface area contributed by atoms with Gasteiger partial charge in [0.25, 0.3) is 0 Å². The summed E-state index contributed by atoms with van der Waals surface area (Å²) in [4.78, 5) is 15.0. The van der Waals surface area contributed by atoms with Gasteiger partial charge in [0.05, 0.1) is 6.61 Å². The van der Waals surface area contributed by atoms with Crippen LogP contribution >= 0.6 is 0 Å². The van der Waals surface area contributed by atoms with Gasteiger partial charge < -0.3 is 20.2 Å². The van der Waals surface area contributed by atoms with Crippen LogP contribution in [0.15, 0.2) is 30.5 Å². The minimum Gasteiger partial charge on any atom is -0.459 e. The maximum Gasteiger partial charge on any atom is 0.323 e. The molecule has 108 valence electrons. The first-order valence-corrected chi connectivity index (χ1v) is 6.61. The molecule has 1 heterocycles. The molecule has 20 heavy (non-hydrogen) atoms. The third-order valence-electron chi connectivity index (χ3n) is 3.14. The molecule has 0 aliphatic rings. The van der Waals surface area contributed by atoms with E-state index in [1.54, 1.807) is 14.0 Å². The average molecular weight is 276 g/mol. The van der Waals surface area contributed by atoms with E-state index in [0.717, 1.165) is 16.5 Å². The number of methoxy groups -OCH3 is 1. The quantitative estimate of drug-likeness (QED) is 0.786. The van der Waals surface area contributed by atoms with E-state index in [1.165, 1.54) is 0 Å². The zero-order chi connectivity index (χ0) is 14.5. The molecule has 0 fully saturated rings. The number of fused-ring (bicyclic) bond motifs is 1. The minimum absolute atomic E-state index is 0.290. The Balaban J connectivity index is 2.00. The Morgan fingerprint density at radius 2 is 2.15 bits per heavy atom. The fourth-order valence-electron chi connectivity index (χ4n) is 2.18. The summed E-state index contributed by atoms with van der Waals surface area (Å²) in [5.41, 5.74) is 7.97. The zero-order valence-corrected chi connectivity index (χ0v) is 11.8. The number of H-pyrrole nitrogens is 1. The number of benzene rings is 1. The fourth-order valence-corrected chi connectivity index (χ4v) is 2.18. The number of aromatic amines is 1. The van der Waals surface area contributed by atoms with Crippen LogP contribution in [0, 0.1) is 0 Å². The maximum atomic E-state index is 11.9. The maximum absolute atomic E-state index is 11.9. The number of esters is 1. The van der Waals surface area contributed by atoms with E-state index in [2.05, 4.69) is 4.98 Å². The molecule has 0 saturated carbocycles. The van der Waals surface area contributed by atoms with Crippen molar-refractivity contribution in [2.45, 2.75) is 25.5 Å². The van der Waals surface area contributed by atoms with Crippen molar-refractivity contribution in [1.29, 1.82) is 0 Å². The molecule has 1 aromatic carbocycles. The average Bonchev–Trinajstić information content (AvgIpc) is 2.82. The molecule has 2 aromatic rings. The number of carbonyl (C=O) groups excluding carboxylic acids is 1. The van der Waals surface area contributed by atoms with Gasteiger partial charge in [-0.3, -0.25) is 4.79 Å². The van der Waals surface area contributed by atoms with Gasteiger partial charge in [0.1, 0.15) is 12.1 Å². The second-order valence-corrected chi connectivity index (χ2v) is 4.87. The summed E-state index contributed by atoms with van der Waals surface area (Å²) >= 11 is 0. The van der Waals surface area contributed by atoms with Gasteiger partial charge in [0, 0.05) is 30.6 Å². The van der Waals surface area contributed by atoms with Crippen LogP contribution in [0.5, 0.6) is 0 Å². The number of carbonyl (C=O) groups is 1. The number of hydrogen-bond acceptors (Lipinski definition) is 4. The van der Waals surface area contributed by atoms with Crippen LogP contribution in [0.25, 0.3) is 10.9 Å². The van der Waals surface area contributed by atoms with Gasteiger partial charge in [0.15, 0.2) is 0 Å². The Hall–Kier alpha value is -1.85. The highest BCUT2D eigenvalue weighted by molar-refractivity contribution is 5.84. The largest absolute Gasteiger partial charge is 0.459 e. The lowest BCUT2D eigenvalue weighted by atomic mass is 10.1. The molecule has 0 aliphatic heterocycles. The molecule has 2 atom stereocenters. The lowest BCUT2D eigenvalue weighted by Gasteiger charge is -2.16. The number of para-hydroxylation sites is 1. The van der Waals surface area contributed by atoms with Crippen LogP contribution in [-0.2, 0) is 20.7 Å². The van der Waals surface area contributed by atoms with E-state index in [9.17, 15) is 4.79 Å². The highest BCUT2D eigenvalue weighted by Gasteiger charge is 2.19. The summed E-state index contributed by atoms with van der Waals surface area (Å²) in [6.45, 7) is 2.14. The topological polar surface area (TPSA) is 77.3 Å². The lowest BCUT2D eigenvalue weighted by Crippen LogP contribution is -2.37. The predicted molar refractivity (Wildman–Crippen MR) is 77.4 cm³/mol. The first-order valence-electron chi connectivity index (χ1n) is 6.61. The third kappa shape index (κ3) is 3.37. The zero-order valence-electron chi connectivity index (χ0n) is 11.8. The van der Waals surface area contributed by atoms with Crippen LogP contribution in [0.1, 0.15) is 12.5 Å². The molecule has 2 rings (SSSR count). The Labute approximate surface area is 118 Å². The molecule has 3 N–H and O–H groups in total. The van der Waals surface area contributed by atoms with E-state index in [0.29, 0.717) is 13.0 Å². The van der Waals surface area contributed by atoms with Gasteiger partial charge in [-0.25, -0.2) is 0 Å². The van der Waals surface area contributed by atoms with Crippen molar-refractivity contribution < 1.29 is 14.3 Å². The van der Waals surface area contributed by atoms with Crippen molar-refractivity contribution in [1.82, 2.24) is 4.98 Å². The number of nitrogens with one attached hydrogen (secondary N) is 1. The second kappa shape index (κ2) is 6.54. The Morgan fingerprint density at radius 1 is 1.40 bits per heavy atom. The van der Waals surface area contributed by atoms with Crippen LogP contribution in [-0.4, -0.2) is 36.8 Å². The molecule has 5 nitrogen and oxygen atoms in total. The summed E-state index contributed by atoms with van der Waals surface area (Å²) in [6, 6.07) is 7.25. The van der Waals surface area contributed by atoms with Crippen LogP contribution in [0.2, 0.25) is 0 Å². The standard InChI is InChI=1S/C15H20N2O3/c1-10(9-19-2)20-15(18)13(16)7-11-8-17-14-6-4-3-5-12(11)14/h3-6,8,10,13,17H,7,9,16H2,1-2H3. The number of aromatic nitrogens is 1. The second-order valence-electron chi connectivity index (χ2n) is 4.87. The predicted octanol–water partition coefficient (Wildman–Crippen LogP) is 1.62. The number of nitrogens with two attached hydrogens (primary N) is 1. The molecule has 0 bridgehead atoms. The number of hydrogen-bond donors (Lipinski definition) is 2. The normalized spacial score (nSPS) is 14.2. The van der Waals surface area contributed by atoms with Crippen LogP contribution in [0.4, 0.5) is 0 Å². The molecule has 5 heteroatoms. The summed E-state index contributed by atoms with van der Waals surface area (Å²) in [5.74, 6) is -0.403. The fraction of sp³-hybridized carbons (Fsp3) is 0.400. The van der Waals surface area contributed by atoms with Crippen molar-refractivity contribution in [3.05, 3.63) is 36.0 Å². The molecule has 0 spiro atoms. The monoisotopic (exact) mass is 276 g/mol. The van der Waals surface area contributed by atoms with E-state index in [1.807, 2.05) is 30.5 Å². The van der Waals surface area contributed by atoms with Gasteiger partial charge in [-0.15, -0.1) is 0 Å². The third-order valence-corrected chi connectivity index (χ3v) is 3.14. The molecule has 0 aliphatic carbocycles. The van der Waals surface area contributed by atoms with Crippen molar-refractivity contribution in [3.8, 4) is 0 Å². The van der Waals surface area contributed by atoms with E-state index in [4.69, 9.17) is 15.2 Å². The first kappa shape index (κ1) is 14.6. The summed E-state index contributed by atoms with van der Waals surface area (Å²) < 4.78 is 10.1. The van der Waals surface area contributed by atoms with Gasteiger partial charge in [-0.2, -0.15) is 0 Å². The lowest BCUT2D eigenvalue weighted by molar-refractivity contribution is -0.152. The van der Waals surface area contributed by atoms with Crippen molar-refractivity contribution in [2.24, 2.45) is 5.73 Å². The SMILES string of the molecule is COCC(C)OC(=O)C(N)Cc1c[nH]c2ccccc12. The Morgan fingerprint density at radius 3 is 2.90 bits per heavy atom. The van der Waals surface area contributed by atoms with Gasteiger partial charge >= 0.3 is 5.97 Å². The molecule has 0 radical (unpaired) electrons. The van der Waals surface area contributed by atoms with Crippen molar-refractivity contribution in [3.63, 3.8) is 0 Å². The van der Waals surface area contributed by atoms with Crippen molar-refractivity contribution in [2.75, 3.05) is 13.7 Å². The minimum atomic E-state index is -0.673. The summed E-state index contributed by atoms with van der Waals surface area (Å²) in [5, 5.41) is 1.08. The van der Waals surface area contributed by atoms with Gasteiger partial charge in [-0.05, 0) is 18.6 Å². The number of rotatable bonds is 6. The van der Waals surface area contributed by atoms with E-state index >= 15 is 0 Å². The summed E-state index contributed by atoms with van der Waals surface area (Å²) in [6.07, 6.45) is 2.04. The molecule has 2 unspecified atom stereocenters. The van der Waals surface area contributed by atoms with Crippen molar-refractivity contribution >= 4 is 16.9 Å². The molecule has 1 aromatic heterocycles. The Kier molecular flexibility index (Phi) is 4.76. The highest BCUT2D eigenvalue weighted by atomic mass is 16.6. The van der Waals surface area contributed by atoms with E-state index < -0.39 is 12.0 Å². The summed E-state index contributed by atoms with van der Waals surface area (Å²) in [7, 11) is 1.57. The van der Waals surface area contributed by atoms with Gasteiger partial charge in [-0.1, -0.05) is 18.2 Å². The van der Waals surface area contributed by atoms with E-state index in [-0.39, 0.29) is 6.10 Å². The van der Waals surface area contributed by atoms with Crippen LogP contribution in [0.3, 0.4) is 0 Å². The highest BCUT2D eigenvalue weighted by Crippen LogP contribution is 2.19. The molecule has 0 saturated heterocycles. The van der Waals surface area contributed by atoms with Crippen LogP contribution < -0.4 is 5.73 Å². The molecular weight excluding hydrogens is 256 g/mol. The van der Waals surface area contributed by atoms with Gasteiger partial charge in [0.2, 0.25) is 0 Å². The number of ether oxygens (including phenoxy) is 2. The molecule has 0 amide bonds. The Bertz CT molecular complexity index is 579. The first-order chi connectivity index (χ1) is 9.61.